The Morgan fingerprint density at radius 2 is 2.29 bits per heavy atom. The topological polar surface area (TPSA) is 82.0 Å². The molecular weight excluding hydrogens is 294 g/mol. The zero-order valence-electron chi connectivity index (χ0n) is 8.81. The van der Waals surface area contributed by atoms with Gasteiger partial charge in [-0.1, -0.05) is 15.9 Å². The Balaban J connectivity index is 2.53. The van der Waals surface area contributed by atoms with Gasteiger partial charge in [-0.25, -0.2) is 4.79 Å². The summed E-state index contributed by atoms with van der Waals surface area (Å²) in [4.78, 5) is 22.0. The van der Waals surface area contributed by atoms with Crippen LogP contribution in [0.5, 0.6) is 0 Å². The van der Waals surface area contributed by atoms with Crippen molar-refractivity contribution in [1.82, 2.24) is 0 Å². The highest BCUT2D eigenvalue weighted by atomic mass is 79.9. The highest BCUT2D eigenvalue weighted by Crippen LogP contribution is 2.44. The van der Waals surface area contributed by atoms with Gasteiger partial charge in [0.2, 0.25) is 5.60 Å². The molecule has 1 atom stereocenters. The van der Waals surface area contributed by atoms with Crippen LogP contribution in [0.15, 0.2) is 22.7 Å². The molecule has 17 heavy (non-hydrogen) atoms. The second-order valence-corrected chi connectivity index (χ2v) is 4.44. The monoisotopic (exact) mass is 301 g/mol. The summed E-state index contributed by atoms with van der Waals surface area (Å²) in [5.41, 5.74) is -1.25. The molecule has 2 rings (SSSR count). The Hall–Kier alpha value is -1.47. The second kappa shape index (κ2) is 4.08. The maximum Gasteiger partial charge on any atom is 0.345 e. The quantitative estimate of drug-likeness (QED) is 0.368. The predicted octanol–water partition coefficient (Wildman–Crippen LogP) is 1.76. The molecule has 1 aliphatic heterocycles. The molecule has 1 aromatic rings. The highest BCUT2D eigenvalue weighted by Gasteiger charge is 2.58. The van der Waals surface area contributed by atoms with Gasteiger partial charge in [0.05, 0.1) is 24.2 Å². The van der Waals surface area contributed by atoms with Crippen molar-refractivity contribution in [1.29, 1.82) is 0 Å². The normalized spacial score (nSPS) is 22.0. The number of nitro benzene ring substituents is 1. The van der Waals surface area contributed by atoms with Crippen molar-refractivity contribution in [2.24, 2.45) is 0 Å². The van der Waals surface area contributed by atoms with Gasteiger partial charge in [-0.15, -0.1) is 0 Å². The van der Waals surface area contributed by atoms with Gasteiger partial charge in [-0.2, -0.15) is 0 Å². The number of nitro groups is 1. The summed E-state index contributed by atoms with van der Waals surface area (Å²) in [5, 5.41) is 10.9. The van der Waals surface area contributed by atoms with E-state index >= 15 is 0 Å². The lowest BCUT2D eigenvalue weighted by Gasteiger charge is -2.10. The number of epoxide rings is 1. The van der Waals surface area contributed by atoms with E-state index in [0.717, 1.165) is 0 Å². The summed E-state index contributed by atoms with van der Waals surface area (Å²) in [6, 6.07) is 4.45. The van der Waals surface area contributed by atoms with Crippen LogP contribution in [0.2, 0.25) is 0 Å². The first-order chi connectivity index (χ1) is 8.01. The molecule has 0 saturated carbocycles. The van der Waals surface area contributed by atoms with Crippen LogP contribution in [0, 0.1) is 10.1 Å². The summed E-state index contributed by atoms with van der Waals surface area (Å²) in [7, 11) is 1.22. The first-order valence-corrected chi connectivity index (χ1v) is 5.47. The summed E-state index contributed by atoms with van der Waals surface area (Å²) >= 11 is 3.14. The Morgan fingerprint density at radius 1 is 1.65 bits per heavy atom. The van der Waals surface area contributed by atoms with Gasteiger partial charge in [0.25, 0.3) is 5.69 Å². The predicted molar refractivity (Wildman–Crippen MR) is 60.4 cm³/mol. The van der Waals surface area contributed by atoms with Gasteiger partial charge in [-0.3, -0.25) is 10.1 Å². The summed E-state index contributed by atoms with van der Waals surface area (Å²) < 4.78 is 10.2. The number of carbonyl (C=O) groups is 1. The molecule has 1 saturated heterocycles. The van der Waals surface area contributed by atoms with Gasteiger partial charge >= 0.3 is 5.97 Å². The van der Waals surface area contributed by atoms with E-state index in [4.69, 9.17) is 4.74 Å². The number of carbonyl (C=O) groups excluding carboxylic acids is 1. The van der Waals surface area contributed by atoms with Gasteiger partial charge in [-0.05, 0) is 12.1 Å². The molecule has 0 aliphatic carbocycles. The van der Waals surface area contributed by atoms with Crippen molar-refractivity contribution in [3.63, 3.8) is 0 Å². The number of methoxy groups -OCH3 is 1. The Bertz CT molecular complexity index is 497. The summed E-state index contributed by atoms with van der Waals surface area (Å²) in [5.74, 6) is -0.622. The highest BCUT2D eigenvalue weighted by molar-refractivity contribution is 9.10. The molecule has 0 spiro atoms. The van der Waals surface area contributed by atoms with Crippen molar-refractivity contribution in [3.05, 3.63) is 38.3 Å². The fraction of sp³-hybridized carbons (Fsp3) is 0.300. The van der Waals surface area contributed by atoms with Crippen molar-refractivity contribution < 1.29 is 19.2 Å². The standard InChI is InChI=1S/C10H8BrNO5/c1-16-9(13)10(5-17-10)7-3-2-6(11)4-8(7)12(14)15/h2-4H,5H2,1H3. The van der Waals surface area contributed by atoms with Crippen LogP contribution in [-0.4, -0.2) is 24.6 Å². The summed E-state index contributed by atoms with van der Waals surface area (Å²) in [6.45, 7) is 0.0994. The van der Waals surface area contributed by atoms with Crippen LogP contribution in [0.25, 0.3) is 0 Å². The average molecular weight is 302 g/mol. The number of hydrogen-bond donors (Lipinski definition) is 0. The van der Waals surface area contributed by atoms with E-state index in [-0.39, 0.29) is 17.9 Å². The largest absolute Gasteiger partial charge is 0.467 e. The second-order valence-electron chi connectivity index (χ2n) is 3.53. The fourth-order valence-corrected chi connectivity index (χ4v) is 1.97. The first kappa shape index (κ1) is 12.0. The minimum absolute atomic E-state index is 0.0994. The van der Waals surface area contributed by atoms with E-state index in [1.54, 1.807) is 6.07 Å². The maximum atomic E-state index is 11.6. The summed E-state index contributed by atoms with van der Waals surface area (Å²) in [6.07, 6.45) is 0. The third kappa shape index (κ3) is 1.91. The number of nitrogens with zero attached hydrogens (tertiary/aromatic N) is 1. The number of halogens is 1. The molecule has 90 valence electrons. The number of ether oxygens (including phenoxy) is 2. The molecule has 7 heteroatoms. The van der Waals surface area contributed by atoms with E-state index in [1.165, 1.54) is 19.2 Å². The van der Waals surface area contributed by atoms with Gasteiger partial charge in [0.1, 0.15) is 0 Å². The van der Waals surface area contributed by atoms with Crippen LogP contribution in [0.4, 0.5) is 5.69 Å². The van der Waals surface area contributed by atoms with E-state index in [9.17, 15) is 14.9 Å². The van der Waals surface area contributed by atoms with Crippen LogP contribution in [-0.2, 0) is 19.9 Å². The molecule has 1 unspecified atom stereocenters. The molecule has 6 nitrogen and oxygen atoms in total. The fourth-order valence-electron chi connectivity index (χ4n) is 1.62. The third-order valence-corrected chi connectivity index (χ3v) is 3.03. The lowest BCUT2D eigenvalue weighted by atomic mass is 9.98. The van der Waals surface area contributed by atoms with Gasteiger partial charge < -0.3 is 9.47 Å². The molecule has 1 aromatic carbocycles. The lowest BCUT2D eigenvalue weighted by Crippen LogP contribution is -2.24. The van der Waals surface area contributed by atoms with Gasteiger partial charge in [0.15, 0.2) is 0 Å². The zero-order chi connectivity index (χ0) is 12.6. The molecule has 1 aliphatic rings. The minimum Gasteiger partial charge on any atom is -0.467 e. The van der Waals surface area contributed by atoms with Crippen LogP contribution < -0.4 is 0 Å². The molecular formula is C10H8BrNO5. The Kier molecular flexibility index (Phi) is 2.88. The molecule has 0 N–H and O–H groups in total. The Morgan fingerprint density at radius 3 is 2.76 bits per heavy atom. The molecule has 0 aromatic heterocycles. The molecule has 1 fully saturated rings. The van der Waals surface area contributed by atoms with Crippen molar-refractivity contribution in [2.75, 3.05) is 13.7 Å². The Labute approximate surface area is 105 Å². The van der Waals surface area contributed by atoms with E-state index < -0.39 is 16.5 Å². The van der Waals surface area contributed by atoms with Gasteiger partial charge in [0, 0.05) is 10.5 Å². The minimum atomic E-state index is -1.31. The molecule has 0 amide bonds. The van der Waals surface area contributed by atoms with Crippen LogP contribution >= 0.6 is 15.9 Å². The van der Waals surface area contributed by atoms with Crippen molar-refractivity contribution in [3.8, 4) is 0 Å². The zero-order valence-corrected chi connectivity index (χ0v) is 10.4. The van der Waals surface area contributed by atoms with E-state index in [1.807, 2.05) is 0 Å². The van der Waals surface area contributed by atoms with E-state index in [0.29, 0.717) is 4.47 Å². The third-order valence-electron chi connectivity index (χ3n) is 2.54. The average Bonchev–Trinajstić information content (AvgIpc) is 3.09. The van der Waals surface area contributed by atoms with Crippen molar-refractivity contribution >= 4 is 27.6 Å². The van der Waals surface area contributed by atoms with Crippen LogP contribution in [0.1, 0.15) is 5.56 Å². The number of esters is 1. The number of hydrogen-bond acceptors (Lipinski definition) is 5. The first-order valence-electron chi connectivity index (χ1n) is 4.68. The maximum absolute atomic E-state index is 11.6. The number of benzene rings is 1. The van der Waals surface area contributed by atoms with Crippen LogP contribution in [0.3, 0.4) is 0 Å². The molecule has 1 heterocycles. The smallest absolute Gasteiger partial charge is 0.345 e. The number of rotatable bonds is 3. The van der Waals surface area contributed by atoms with Crippen molar-refractivity contribution in [2.45, 2.75) is 5.60 Å². The molecule has 0 bridgehead atoms. The molecule has 0 radical (unpaired) electrons. The SMILES string of the molecule is COC(=O)C1(c2ccc(Br)cc2[N+](=O)[O-])CO1. The van der Waals surface area contributed by atoms with E-state index in [2.05, 4.69) is 20.7 Å². The lowest BCUT2D eigenvalue weighted by molar-refractivity contribution is -0.386.